The van der Waals surface area contributed by atoms with E-state index in [2.05, 4.69) is 9.97 Å². The Morgan fingerprint density at radius 3 is 2.38 bits per heavy atom. The predicted molar refractivity (Wildman–Crippen MR) is 40.8 cm³/mol. The number of nitrogens with two attached hydrogens (primary N) is 1. The minimum absolute atomic E-state index is 0. The monoisotopic (exact) mass is 215 g/mol. The van der Waals surface area contributed by atoms with Crippen LogP contribution in [-0.2, 0) is 11.4 Å². The Morgan fingerprint density at radius 1 is 1.69 bits per heavy atom. The fraction of sp³-hybridized carbons (Fsp3) is 0. The number of rotatable bonds is 0. The molecule has 9 heteroatoms. The third-order valence-corrected chi connectivity index (χ3v) is 0.692. The first-order valence-corrected chi connectivity index (χ1v) is 3.65. The number of nitrogens with one attached hydrogen (secondary N) is 1. The van der Waals surface area contributed by atoms with Crippen molar-refractivity contribution in [2.24, 2.45) is 0 Å². The number of anilines is 1. The minimum Gasteiger partial charge on any atom is -0.750 e. The molecule has 1 rings (SSSR count). The third-order valence-electron chi connectivity index (χ3n) is 0.692. The van der Waals surface area contributed by atoms with Crippen LogP contribution in [0.5, 0.6) is 0 Å². The summed E-state index contributed by atoms with van der Waals surface area (Å²) in [7, 11) is 0. The van der Waals surface area contributed by atoms with Gasteiger partial charge in [0.1, 0.15) is 5.82 Å². The molecule has 1 atom stereocenters. The normalized spacial score (nSPS) is 10.3. The Labute approximate surface area is 98.2 Å². The summed E-state index contributed by atoms with van der Waals surface area (Å²) < 4.78 is 24.1. The first-order chi connectivity index (χ1) is 5.52. The van der Waals surface area contributed by atoms with Crippen LogP contribution in [0, 0.1) is 0 Å². The van der Waals surface area contributed by atoms with Gasteiger partial charge >= 0.3 is 35.2 Å². The number of nitrogens with zero attached hydrogens (tertiary/aromatic N) is 1. The van der Waals surface area contributed by atoms with Crippen LogP contribution >= 0.6 is 0 Å². The smallest absolute Gasteiger partial charge is 0.750 e. The molecular formula is C4H6N3NaO4S. The van der Waals surface area contributed by atoms with Crippen LogP contribution < -0.4 is 41.0 Å². The summed E-state index contributed by atoms with van der Waals surface area (Å²) in [5.41, 5.74) is 4.72. The van der Waals surface area contributed by atoms with Gasteiger partial charge in [-0.25, -0.2) is 9.00 Å². The second-order valence-corrected chi connectivity index (χ2v) is 1.97. The molecule has 0 aliphatic carbocycles. The second-order valence-electron chi connectivity index (χ2n) is 1.54. The van der Waals surface area contributed by atoms with E-state index in [1.165, 1.54) is 12.3 Å². The predicted octanol–water partition coefficient (Wildman–Crippen LogP) is -4.31. The van der Waals surface area contributed by atoms with Crippen molar-refractivity contribution in [1.82, 2.24) is 9.97 Å². The third kappa shape index (κ3) is 11.8. The molecule has 1 aromatic heterocycles. The summed E-state index contributed by atoms with van der Waals surface area (Å²) >= 11 is -2.86. The summed E-state index contributed by atoms with van der Waals surface area (Å²) in [5, 5.41) is 0. The van der Waals surface area contributed by atoms with E-state index in [9.17, 15) is 4.79 Å². The van der Waals surface area contributed by atoms with Crippen molar-refractivity contribution in [3.63, 3.8) is 0 Å². The fourth-order valence-corrected chi connectivity index (χ4v) is 0.385. The maximum atomic E-state index is 10.2. The minimum atomic E-state index is -2.86. The van der Waals surface area contributed by atoms with Crippen LogP contribution in [0.25, 0.3) is 0 Å². The van der Waals surface area contributed by atoms with Gasteiger partial charge in [-0.1, -0.05) is 0 Å². The van der Waals surface area contributed by atoms with Crippen molar-refractivity contribution in [2.75, 3.05) is 5.73 Å². The van der Waals surface area contributed by atoms with Gasteiger partial charge in [-0.15, -0.1) is 0 Å². The molecule has 0 saturated heterocycles. The molecule has 0 aliphatic rings. The zero-order chi connectivity index (χ0) is 9.56. The first kappa shape index (κ1) is 15.2. The number of H-pyrrole nitrogens is 1. The van der Waals surface area contributed by atoms with E-state index in [4.69, 9.17) is 19.0 Å². The molecule has 1 unspecified atom stereocenters. The SMILES string of the molecule is Nc1cc[nH]c(=O)n1.O=S([O-])O.[Na+]. The van der Waals surface area contributed by atoms with E-state index in [1.807, 2.05) is 0 Å². The molecule has 0 bridgehead atoms. The van der Waals surface area contributed by atoms with Gasteiger partial charge in [0.15, 0.2) is 0 Å². The molecule has 0 fully saturated rings. The molecule has 0 aliphatic heterocycles. The second kappa shape index (κ2) is 8.35. The van der Waals surface area contributed by atoms with E-state index in [-0.39, 0.29) is 35.4 Å². The van der Waals surface area contributed by atoms with Crippen LogP contribution in [0.2, 0.25) is 0 Å². The summed E-state index contributed by atoms with van der Waals surface area (Å²) in [6.45, 7) is 0. The molecule has 1 heterocycles. The Morgan fingerprint density at radius 2 is 2.15 bits per heavy atom. The van der Waals surface area contributed by atoms with Crippen molar-refractivity contribution in [3.05, 3.63) is 22.7 Å². The van der Waals surface area contributed by atoms with Crippen LogP contribution in [0.15, 0.2) is 17.1 Å². The van der Waals surface area contributed by atoms with Gasteiger partial charge in [-0.05, 0) is 6.07 Å². The Kier molecular flexibility index (Phi) is 9.79. The zero-order valence-electron chi connectivity index (χ0n) is 6.76. The Bertz CT molecular complexity index is 312. The molecule has 7 nitrogen and oxygen atoms in total. The average molecular weight is 215 g/mol. The van der Waals surface area contributed by atoms with Gasteiger partial charge < -0.3 is 19.8 Å². The van der Waals surface area contributed by atoms with Crippen LogP contribution in [0.3, 0.4) is 0 Å². The van der Waals surface area contributed by atoms with Crippen LogP contribution in [-0.4, -0.2) is 23.3 Å². The van der Waals surface area contributed by atoms with Crippen molar-refractivity contribution in [2.45, 2.75) is 0 Å². The Balaban J connectivity index is 0. The van der Waals surface area contributed by atoms with Crippen molar-refractivity contribution in [3.8, 4) is 0 Å². The summed E-state index contributed by atoms with van der Waals surface area (Å²) in [4.78, 5) is 15.9. The first-order valence-electron chi connectivity index (χ1n) is 2.62. The number of aromatic amines is 1. The molecule has 68 valence electrons. The molecule has 0 radical (unpaired) electrons. The van der Waals surface area contributed by atoms with E-state index in [1.54, 1.807) is 0 Å². The van der Waals surface area contributed by atoms with E-state index < -0.39 is 17.1 Å². The topological polar surface area (TPSA) is 132 Å². The van der Waals surface area contributed by atoms with Crippen LogP contribution in [0.4, 0.5) is 5.82 Å². The molecule has 0 aromatic carbocycles. The summed E-state index contributed by atoms with van der Waals surface area (Å²) in [5.74, 6) is 0.244. The van der Waals surface area contributed by atoms with Gasteiger partial charge in [-0.2, -0.15) is 4.98 Å². The fourth-order valence-electron chi connectivity index (χ4n) is 0.385. The van der Waals surface area contributed by atoms with Gasteiger partial charge in [0, 0.05) is 6.20 Å². The number of hydrogen-bond acceptors (Lipinski definition) is 5. The molecule has 1 aromatic rings. The largest absolute Gasteiger partial charge is 1.00 e. The van der Waals surface area contributed by atoms with Crippen LogP contribution in [0.1, 0.15) is 0 Å². The number of aromatic nitrogens is 2. The summed E-state index contributed by atoms with van der Waals surface area (Å²) in [6, 6.07) is 1.52. The van der Waals surface area contributed by atoms with E-state index in [0.29, 0.717) is 0 Å². The Hall–Kier alpha value is -0.250. The summed E-state index contributed by atoms with van der Waals surface area (Å²) in [6.07, 6.45) is 1.45. The zero-order valence-corrected chi connectivity index (χ0v) is 9.58. The molecule has 0 amide bonds. The molecular weight excluding hydrogens is 209 g/mol. The standard InChI is InChI=1S/C4H5N3O.Na.H2O3S/c5-3-1-2-6-4(8)7-3;;1-4(2)3/h1-2H,(H3,5,6,7,8);;(H2,1,2,3)/q;+1;/p-1. The number of hydrogen-bond donors (Lipinski definition) is 3. The van der Waals surface area contributed by atoms with Gasteiger partial charge in [0.2, 0.25) is 0 Å². The molecule has 4 N–H and O–H groups in total. The van der Waals surface area contributed by atoms with E-state index >= 15 is 0 Å². The van der Waals surface area contributed by atoms with Gasteiger partial charge in [-0.3, -0.25) is 0 Å². The average Bonchev–Trinajstić information content (AvgIpc) is 1.84. The maximum absolute atomic E-state index is 10.2. The molecule has 13 heavy (non-hydrogen) atoms. The van der Waals surface area contributed by atoms with Gasteiger partial charge in [0.25, 0.3) is 0 Å². The number of nitrogen functional groups attached to an aromatic ring is 1. The van der Waals surface area contributed by atoms with Gasteiger partial charge in [0.05, 0.1) is 11.4 Å². The van der Waals surface area contributed by atoms with Crippen molar-refractivity contribution in [1.29, 1.82) is 0 Å². The van der Waals surface area contributed by atoms with E-state index in [0.717, 1.165) is 0 Å². The molecule has 0 saturated carbocycles. The van der Waals surface area contributed by atoms with Crippen molar-refractivity contribution < 1.29 is 42.9 Å². The molecule has 0 spiro atoms. The quantitative estimate of drug-likeness (QED) is 0.296. The maximum Gasteiger partial charge on any atom is 1.00 e. The van der Waals surface area contributed by atoms with Crippen molar-refractivity contribution >= 4 is 17.2 Å².